The SMILES string of the molecule is CCCOCn1cc(COS(C)(=O)=O)nn1. The average Bonchev–Trinajstić information content (AvgIpc) is 2.62. The third kappa shape index (κ3) is 5.19. The van der Waals surface area contributed by atoms with Gasteiger partial charge in [-0.2, -0.15) is 8.42 Å². The topological polar surface area (TPSA) is 83.3 Å². The van der Waals surface area contributed by atoms with Gasteiger partial charge in [0.1, 0.15) is 19.0 Å². The molecule has 0 atom stereocenters. The van der Waals surface area contributed by atoms with E-state index >= 15 is 0 Å². The zero-order chi connectivity index (χ0) is 12.0. The van der Waals surface area contributed by atoms with E-state index in [0.29, 0.717) is 19.0 Å². The zero-order valence-corrected chi connectivity index (χ0v) is 10.1. The van der Waals surface area contributed by atoms with Crippen LogP contribution in [0.3, 0.4) is 0 Å². The van der Waals surface area contributed by atoms with Crippen molar-refractivity contribution in [2.24, 2.45) is 0 Å². The van der Waals surface area contributed by atoms with E-state index in [1.165, 1.54) is 4.68 Å². The lowest BCUT2D eigenvalue weighted by molar-refractivity contribution is 0.0680. The van der Waals surface area contributed by atoms with E-state index in [-0.39, 0.29) is 6.61 Å². The van der Waals surface area contributed by atoms with Gasteiger partial charge in [-0.1, -0.05) is 12.1 Å². The first-order chi connectivity index (χ1) is 7.51. The van der Waals surface area contributed by atoms with Gasteiger partial charge in [0.25, 0.3) is 10.1 Å². The molecule has 0 aliphatic rings. The molecule has 0 unspecified atom stereocenters. The summed E-state index contributed by atoms with van der Waals surface area (Å²) in [5, 5.41) is 7.50. The highest BCUT2D eigenvalue weighted by Crippen LogP contribution is 1.99. The number of ether oxygens (including phenoxy) is 1. The first kappa shape index (κ1) is 13.1. The molecule has 1 aromatic heterocycles. The van der Waals surface area contributed by atoms with Gasteiger partial charge >= 0.3 is 0 Å². The minimum atomic E-state index is -3.44. The van der Waals surface area contributed by atoms with Crippen LogP contribution in [0.5, 0.6) is 0 Å². The van der Waals surface area contributed by atoms with E-state index in [4.69, 9.17) is 4.74 Å². The fourth-order valence-electron chi connectivity index (χ4n) is 0.938. The van der Waals surface area contributed by atoms with Crippen molar-refractivity contribution >= 4 is 10.1 Å². The molecule has 1 heterocycles. The fraction of sp³-hybridized carbons (Fsp3) is 0.750. The predicted molar refractivity (Wildman–Crippen MR) is 55.9 cm³/mol. The van der Waals surface area contributed by atoms with Crippen LogP contribution in [-0.4, -0.2) is 36.3 Å². The van der Waals surface area contributed by atoms with Gasteiger partial charge in [0, 0.05) is 6.61 Å². The monoisotopic (exact) mass is 249 g/mol. The summed E-state index contributed by atoms with van der Waals surface area (Å²) in [4.78, 5) is 0. The molecule has 0 bridgehead atoms. The standard InChI is InChI=1S/C8H15N3O4S/c1-3-4-14-7-11-5-8(9-10-11)6-15-16(2,12)13/h5H,3-4,6-7H2,1-2H3. The smallest absolute Gasteiger partial charge is 0.264 e. The molecule has 92 valence electrons. The summed E-state index contributed by atoms with van der Waals surface area (Å²) in [6.45, 7) is 2.86. The van der Waals surface area contributed by atoms with Crippen molar-refractivity contribution in [2.45, 2.75) is 26.7 Å². The molecule has 1 aromatic rings. The second-order valence-corrected chi connectivity index (χ2v) is 4.90. The Morgan fingerprint density at radius 2 is 2.25 bits per heavy atom. The van der Waals surface area contributed by atoms with Crippen molar-refractivity contribution < 1.29 is 17.3 Å². The van der Waals surface area contributed by atoms with Crippen molar-refractivity contribution in [2.75, 3.05) is 12.9 Å². The van der Waals surface area contributed by atoms with Crippen LogP contribution in [0.25, 0.3) is 0 Å². The Kier molecular flexibility index (Phi) is 4.84. The average molecular weight is 249 g/mol. The van der Waals surface area contributed by atoms with Gasteiger partial charge in [-0.05, 0) is 6.42 Å². The normalized spacial score (nSPS) is 11.9. The molecule has 0 saturated carbocycles. The quantitative estimate of drug-likeness (QED) is 0.505. The first-order valence-electron chi connectivity index (χ1n) is 4.82. The summed E-state index contributed by atoms with van der Waals surface area (Å²) < 4.78 is 32.7. The van der Waals surface area contributed by atoms with Gasteiger partial charge < -0.3 is 4.74 Å². The van der Waals surface area contributed by atoms with Gasteiger partial charge in [0.05, 0.1) is 12.5 Å². The Morgan fingerprint density at radius 1 is 1.50 bits per heavy atom. The molecule has 0 aromatic carbocycles. The number of hydrogen-bond acceptors (Lipinski definition) is 6. The highest BCUT2D eigenvalue weighted by atomic mass is 32.2. The second-order valence-electron chi connectivity index (χ2n) is 3.25. The molecule has 0 spiro atoms. The van der Waals surface area contributed by atoms with Crippen molar-refractivity contribution in [3.8, 4) is 0 Å². The van der Waals surface area contributed by atoms with Crippen LogP contribution in [0.15, 0.2) is 6.20 Å². The predicted octanol–water partition coefficient (Wildman–Crippen LogP) is 0.138. The van der Waals surface area contributed by atoms with Crippen LogP contribution in [0, 0.1) is 0 Å². The summed E-state index contributed by atoms with van der Waals surface area (Å²) in [6.07, 6.45) is 3.50. The van der Waals surface area contributed by atoms with Gasteiger partial charge in [0.15, 0.2) is 0 Å². The van der Waals surface area contributed by atoms with Crippen LogP contribution in [0.2, 0.25) is 0 Å². The maximum Gasteiger partial charge on any atom is 0.264 e. The minimum absolute atomic E-state index is 0.105. The third-order valence-corrected chi connectivity index (χ3v) is 2.13. The Morgan fingerprint density at radius 3 is 2.88 bits per heavy atom. The molecule has 0 saturated heterocycles. The molecule has 0 aliphatic heterocycles. The number of hydrogen-bond donors (Lipinski definition) is 0. The summed E-state index contributed by atoms with van der Waals surface area (Å²) in [6, 6.07) is 0. The molecular weight excluding hydrogens is 234 g/mol. The van der Waals surface area contributed by atoms with Gasteiger partial charge in [-0.25, -0.2) is 4.68 Å². The van der Waals surface area contributed by atoms with Crippen LogP contribution >= 0.6 is 0 Å². The van der Waals surface area contributed by atoms with Crippen LogP contribution in [0.4, 0.5) is 0 Å². The largest absolute Gasteiger partial charge is 0.359 e. The van der Waals surface area contributed by atoms with Crippen LogP contribution < -0.4 is 0 Å². The van der Waals surface area contributed by atoms with Gasteiger partial charge in [-0.15, -0.1) is 5.10 Å². The van der Waals surface area contributed by atoms with E-state index in [9.17, 15) is 8.42 Å². The summed E-state index contributed by atoms with van der Waals surface area (Å²) in [5.41, 5.74) is 0.450. The van der Waals surface area contributed by atoms with Crippen LogP contribution in [-0.2, 0) is 32.4 Å². The van der Waals surface area contributed by atoms with E-state index in [1.807, 2.05) is 6.92 Å². The van der Waals surface area contributed by atoms with Gasteiger partial charge in [0.2, 0.25) is 0 Å². The lowest BCUT2D eigenvalue weighted by Gasteiger charge is -2.00. The number of rotatable bonds is 7. The third-order valence-electron chi connectivity index (χ3n) is 1.58. The maximum absolute atomic E-state index is 10.7. The Bertz CT molecular complexity index is 415. The molecule has 16 heavy (non-hydrogen) atoms. The van der Waals surface area contributed by atoms with Gasteiger partial charge in [-0.3, -0.25) is 4.18 Å². The Hall–Kier alpha value is -0.990. The number of nitrogens with zero attached hydrogens (tertiary/aromatic N) is 3. The number of aromatic nitrogens is 3. The molecule has 7 nitrogen and oxygen atoms in total. The van der Waals surface area contributed by atoms with Crippen molar-refractivity contribution in [1.82, 2.24) is 15.0 Å². The molecular formula is C8H15N3O4S. The summed E-state index contributed by atoms with van der Waals surface area (Å²) in [7, 11) is -3.44. The van der Waals surface area contributed by atoms with Crippen LogP contribution in [0.1, 0.15) is 19.0 Å². The molecule has 1 rings (SSSR count). The van der Waals surface area contributed by atoms with E-state index in [0.717, 1.165) is 12.7 Å². The van der Waals surface area contributed by atoms with Crippen molar-refractivity contribution in [3.63, 3.8) is 0 Å². The Balaban J connectivity index is 2.39. The molecule has 8 heteroatoms. The minimum Gasteiger partial charge on any atom is -0.359 e. The molecule has 0 fully saturated rings. The fourth-order valence-corrected chi connectivity index (χ4v) is 1.27. The van der Waals surface area contributed by atoms with Crippen molar-refractivity contribution in [1.29, 1.82) is 0 Å². The second kappa shape index (κ2) is 5.92. The molecule has 0 amide bonds. The summed E-state index contributed by atoms with van der Waals surface area (Å²) in [5.74, 6) is 0. The summed E-state index contributed by atoms with van der Waals surface area (Å²) >= 11 is 0. The molecule has 0 aliphatic carbocycles. The van der Waals surface area contributed by atoms with E-state index in [2.05, 4.69) is 14.5 Å². The lowest BCUT2D eigenvalue weighted by atomic mass is 10.5. The maximum atomic E-state index is 10.7. The van der Waals surface area contributed by atoms with Crippen molar-refractivity contribution in [3.05, 3.63) is 11.9 Å². The Labute approximate surface area is 94.5 Å². The molecule has 0 N–H and O–H groups in total. The molecule has 0 radical (unpaired) electrons. The highest BCUT2D eigenvalue weighted by molar-refractivity contribution is 7.85. The zero-order valence-electron chi connectivity index (χ0n) is 9.29. The highest BCUT2D eigenvalue weighted by Gasteiger charge is 2.06. The lowest BCUT2D eigenvalue weighted by Crippen LogP contribution is -2.04. The first-order valence-corrected chi connectivity index (χ1v) is 6.64. The van der Waals surface area contributed by atoms with E-state index < -0.39 is 10.1 Å². The van der Waals surface area contributed by atoms with E-state index in [1.54, 1.807) is 6.20 Å².